The van der Waals surface area contributed by atoms with Gasteiger partial charge in [0.15, 0.2) is 11.6 Å². The molecule has 0 unspecified atom stereocenters. The van der Waals surface area contributed by atoms with E-state index >= 15 is 0 Å². The van der Waals surface area contributed by atoms with Gasteiger partial charge in [-0.15, -0.1) is 0 Å². The van der Waals surface area contributed by atoms with E-state index in [2.05, 4.69) is 13.8 Å². The van der Waals surface area contributed by atoms with Crippen LogP contribution in [0, 0.1) is 5.82 Å². The first kappa shape index (κ1) is 26.9. The molecule has 0 bridgehead atoms. The number of benzene rings is 2. The van der Waals surface area contributed by atoms with E-state index in [-0.39, 0.29) is 23.6 Å². The highest BCUT2D eigenvalue weighted by molar-refractivity contribution is 5.90. The molecule has 0 aliphatic rings. The van der Waals surface area contributed by atoms with Crippen LogP contribution in [-0.2, 0) is 4.74 Å². The molecule has 0 aromatic heterocycles. The number of hydrogen-bond acceptors (Lipinski definition) is 3. The van der Waals surface area contributed by atoms with Crippen molar-refractivity contribution in [3.8, 4) is 16.9 Å². The fourth-order valence-corrected chi connectivity index (χ4v) is 3.84. The maximum absolute atomic E-state index is 14.6. The second-order valence-corrected chi connectivity index (χ2v) is 8.90. The highest BCUT2D eigenvalue weighted by Crippen LogP contribution is 2.27. The molecule has 0 amide bonds. The van der Waals surface area contributed by atoms with Crippen molar-refractivity contribution in [2.45, 2.75) is 97.5 Å². The molecule has 0 heterocycles. The Morgan fingerprint density at radius 3 is 2.09 bits per heavy atom. The van der Waals surface area contributed by atoms with Gasteiger partial charge in [0.2, 0.25) is 0 Å². The van der Waals surface area contributed by atoms with Crippen LogP contribution in [0.1, 0.15) is 102 Å². The summed E-state index contributed by atoms with van der Waals surface area (Å²) in [6, 6.07) is 12.2. The van der Waals surface area contributed by atoms with Crippen LogP contribution < -0.4 is 4.74 Å². The molecule has 0 spiro atoms. The Labute approximate surface area is 199 Å². The van der Waals surface area contributed by atoms with E-state index in [4.69, 9.17) is 9.47 Å². The van der Waals surface area contributed by atoms with E-state index in [1.54, 1.807) is 18.2 Å². The average Bonchev–Trinajstić information content (AvgIpc) is 2.82. The first-order valence-corrected chi connectivity index (χ1v) is 12.8. The van der Waals surface area contributed by atoms with E-state index < -0.39 is 0 Å². The Balaban J connectivity index is 1.83. The summed E-state index contributed by atoms with van der Waals surface area (Å²) in [5, 5.41) is 0. The minimum atomic E-state index is -0.365. The SMILES string of the molecule is CCCCCCCCOC(=O)c1ccc(-c2ccc(O[C@@H](C)CCCCCC)c(F)c2)cc1. The standard InChI is InChI=1S/C29H41FO3/c1-4-6-8-10-11-13-21-32-29(31)25-17-15-24(16-18-25)26-19-20-28(27(30)22-26)33-23(3)14-12-9-7-5-2/h15-20,22-23H,4-14,21H2,1-3H3/t23-/m0/s1. The van der Waals surface area contributed by atoms with E-state index in [0.717, 1.165) is 36.8 Å². The topological polar surface area (TPSA) is 35.5 Å². The molecule has 0 saturated carbocycles. The van der Waals surface area contributed by atoms with Crippen LogP contribution in [0.5, 0.6) is 5.75 Å². The fourth-order valence-electron chi connectivity index (χ4n) is 3.84. The summed E-state index contributed by atoms with van der Waals surface area (Å²) in [6.07, 6.45) is 12.6. The Bertz CT molecular complexity index is 816. The zero-order valence-electron chi connectivity index (χ0n) is 20.7. The van der Waals surface area contributed by atoms with Crippen LogP contribution in [0.15, 0.2) is 42.5 Å². The fraction of sp³-hybridized carbons (Fsp3) is 0.552. The van der Waals surface area contributed by atoms with Gasteiger partial charge in [-0.1, -0.05) is 83.4 Å². The van der Waals surface area contributed by atoms with Gasteiger partial charge in [-0.25, -0.2) is 9.18 Å². The summed E-state index contributed by atoms with van der Waals surface area (Å²) in [4.78, 5) is 12.2. The molecule has 0 radical (unpaired) electrons. The monoisotopic (exact) mass is 456 g/mol. The number of ether oxygens (including phenoxy) is 2. The van der Waals surface area contributed by atoms with Gasteiger partial charge in [0.25, 0.3) is 0 Å². The molecule has 2 rings (SSSR count). The minimum Gasteiger partial charge on any atom is -0.488 e. The van der Waals surface area contributed by atoms with E-state index in [1.165, 1.54) is 51.0 Å². The van der Waals surface area contributed by atoms with Gasteiger partial charge >= 0.3 is 5.97 Å². The quantitative estimate of drug-likeness (QED) is 0.187. The summed E-state index contributed by atoms with van der Waals surface area (Å²) in [5.74, 6) is -0.384. The van der Waals surface area contributed by atoms with Gasteiger partial charge in [0.1, 0.15) is 0 Å². The third kappa shape index (κ3) is 9.98. The smallest absolute Gasteiger partial charge is 0.338 e. The molecule has 2 aromatic rings. The number of hydrogen-bond donors (Lipinski definition) is 0. The molecule has 0 aliphatic carbocycles. The molecule has 182 valence electrons. The Hall–Kier alpha value is -2.36. The molecule has 33 heavy (non-hydrogen) atoms. The predicted octanol–water partition coefficient (Wildman–Crippen LogP) is 8.75. The van der Waals surface area contributed by atoms with Crippen molar-refractivity contribution in [3.63, 3.8) is 0 Å². The second-order valence-electron chi connectivity index (χ2n) is 8.90. The third-order valence-electron chi connectivity index (χ3n) is 5.91. The first-order valence-electron chi connectivity index (χ1n) is 12.8. The van der Waals surface area contributed by atoms with Crippen molar-refractivity contribution in [2.75, 3.05) is 6.61 Å². The Morgan fingerprint density at radius 1 is 0.818 bits per heavy atom. The number of rotatable bonds is 16. The minimum absolute atomic E-state index is 0.0103. The largest absolute Gasteiger partial charge is 0.488 e. The van der Waals surface area contributed by atoms with Gasteiger partial charge < -0.3 is 9.47 Å². The van der Waals surface area contributed by atoms with Gasteiger partial charge in [-0.05, 0) is 61.6 Å². The molecule has 0 saturated heterocycles. The molecule has 3 nitrogen and oxygen atoms in total. The Morgan fingerprint density at radius 2 is 1.42 bits per heavy atom. The van der Waals surface area contributed by atoms with E-state index in [9.17, 15) is 9.18 Å². The third-order valence-corrected chi connectivity index (χ3v) is 5.91. The molecule has 1 atom stereocenters. The van der Waals surface area contributed by atoms with E-state index in [1.807, 2.05) is 25.1 Å². The molecule has 4 heteroatoms. The van der Waals surface area contributed by atoms with Crippen molar-refractivity contribution < 1.29 is 18.7 Å². The molecular weight excluding hydrogens is 415 g/mol. The van der Waals surface area contributed by atoms with Crippen LogP contribution in [-0.4, -0.2) is 18.7 Å². The lowest BCUT2D eigenvalue weighted by Gasteiger charge is -2.16. The molecule has 0 fully saturated rings. The molecule has 2 aromatic carbocycles. The number of unbranched alkanes of at least 4 members (excludes halogenated alkanes) is 8. The summed E-state index contributed by atoms with van der Waals surface area (Å²) in [7, 11) is 0. The summed E-state index contributed by atoms with van der Waals surface area (Å²) < 4.78 is 25.8. The lowest BCUT2D eigenvalue weighted by Crippen LogP contribution is -2.12. The van der Waals surface area contributed by atoms with Gasteiger partial charge in [0.05, 0.1) is 18.3 Å². The highest BCUT2D eigenvalue weighted by atomic mass is 19.1. The van der Waals surface area contributed by atoms with Crippen LogP contribution in [0.25, 0.3) is 11.1 Å². The summed E-state index contributed by atoms with van der Waals surface area (Å²) in [6.45, 7) is 6.83. The van der Waals surface area contributed by atoms with Crippen LogP contribution >= 0.6 is 0 Å². The normalized spacial score (nSPS) is 11.9. The lowest BCUT2D eigenvalue weighted by atomic mass is 10.0. The van der Waals surface area contributed by atoms with Crippen LogP contribution in [0.2, 0.25) is 0 Å². The van der Waals surface area contributed by atoms with Crippen molar-refractivity contribution >= 4 is 5.97 Å². The zero-order chi connectivity index (χ0) is 23.9. The van der Waals surface area contributed by atoms with E-state index in [0.29, 0.717) is 12.2 Å². The summed E-state index contributed by atoms with van der Waals surface area (Å²) in [5.41, 5.74) is 2.12. The number of carbonyl (C=O) groups is 1. The summed E-state index contributed by atoms with van der Waals surface area (Å²) >= 11 is 0. The van der Waals surface area contributed by atoms with Gasteiger partial charge in [-0.3, -0.25) is 0 Å². The second kappa shape index (κ2) is 15.5. The molecule has 0 N–H and O–H groups in total. The number of halogens is 1. The first-order chi connectivity index (χ1) is 16.0. The number of carbonyl (C=O) groups excluding carboxylic acids is 1. The van der Waals surface area contributed by atoms with Crippen molar-refractivity contribution in [1.29, 1.82) is 0 Å². The van der Waals surface area contributed by atoms with Gasteiger partial charge in [-0.2, -0.15) is 0 Å². The lowest BCUT2D eigenvalue weighted by molar-refractivity contribution is 0.0497. The van der Waals surface area contributed by atoms with Crippen LogP contribution in [0.4, 0.5) is 4.39 Å². The van der Waals surface area contributed by atoms with Crippen molar-refractivity contribution in [2.24, 2.45) is 0 Å². The maximum Gasteiger partial charge on any atom is 0.338 e. The van der Waals surface area contributed by atoms with Gasteiger partial charge in [0, 0.05) is 0 Å². The van der Waals surface area contributed by atoms with Crippen molar-refractivity contribution in [3.05, 3.63) is 53.8 Å². The zero-order valence-corrected chi connectivity index (χ0v) is 20.7. The predicted molar refractivity (Wildman–Crippen MR) is 134 cm³/mol. The highest BCUT2D eigenvalue weighted by Gasteiger charge is 2.12. The number of esters is 1. The average molecular weight is 457 g/mol. The maximum atomic E-state index is 14.6. The molecular formula is C29H41FO3. The Kier molecular flexibility index (Phi) is 12.6. The van der Waals surface area contributed by atoms with Crippen molar-refractivity contribution in [1.82, 2.24) is 0 Å². The molecule has 0 aliphatic heterocycles. The van der Waals surface area contributed by atoms with Crippen LogP contribution in [0.3, 0.4) is 0 Å².